The van der Waals surface area contributed by atoms with Crippen LogP contribution >= 0.6 is 0 Å². The molecular formula is C22H30N2O5S. The van der Waals surface area contributed by atoms with Crippen LogP contribution in [0.25, 0.3) is 0 Å². The van der Waals surface area contributed by atoms with Crippen LogP contribution < -0.4 is 19.1 Å². The van der Waals surface area contributed by atoms with Gasteiger partial charge in [-0.15, -0.1) is 0 Å². The van der Waals surface area contributed by atoms with Gasteiger partial charge in [0.1, 0.15) is 6.04 Å². The van der Waals surface area contributed by atoms with E-state index in [9.17, 15) is 13.2 Å². The summed E-state index contributed by atoms with van der Waals surface area (Å²) >= 11 is 0. The third kappa shape index (κ3) is 5.44. The molecule has 0 fully saturated rings. The van der Waals surface area contributed by atoms with Gasteiger partial charge in [-0.2, -0.15) is 0 Å². The highest BCUT2D eigenvalue weighted by Gasteiger charge is 2.32. The molecule has 1 N–H and O–H groups in total. The number of nitrogens with zero attached hydrogens (tertiary/aromatic N) is 1. The summed E-state index contributed by atoms with van der Waals surface area (Å²) in [5.41, 5.74) is 2.28. The van der Waals surface area contributed by atoms with Gasteiger partial charge >= 0.3 is 0 Å². The van der Waals surface area contributed by atoms with Crippen molar-refractivity contribution in [3.05, 3.63) is 53.6 Å². The molecule has 0 bridgehead atoms. The van der Waals surface area contributed by atoms with Crippen molar-refractivity contribution in [1.82, 2.24) is 5.32 Å². The van der Waals surface area contributed by atoms with E-state index < -0.39 is 16.1 Å². The molecule has 1 amide bonds. The predicted molar refractivity (Wildman–Crippen MR) is 119 cm³/mol. The first-order valence-electron chi connectivity index (χ1n) is 9.70. The Kier molecular flexibility index (Phi) is 7.72. The number of methoxy groups -OCH3 is 2. The first-order valence-corrected chi connectivity index (χ1v) is 11.6. The number of hydrogen-bond acceptors (Lipinski definition) is 5. The lowest BCUT2D eigenvalue weighted by Gasteiger charge is -2.31. The van der Waals surface area contributed by atoms with E-state index in [4.69, 9.17) is 9.47 Å². The second kappa shape index (κ2) is 9.84. The number of carbonyl (C=O) groups is 1. The predicted octanol–water partition coefficient (Wildman–Crippen LogP) is 3.43. The number of hydrogen-bond donors (Lipinski definition) is 1. The standard InChI is InChI=1S/C22H30N2O5S/c1-7-19(24(30(6,26)27)18-11-8-15(2)9-12-18)22(25)23-16(3)17-10-13-20(28-4)21(14-17)29-5/h8-14,16,19H,7H2,1-6H3,(H,23,25)/t16-,19+/m1/s1. The quantitative estimate of drug-likeness (QED) is 0.654. The van der Waals surface area contributed by atoms with E-state index in [2.05, 4.69) is 5.32 Å². The summed E-state index contributed by atoms with van der Waals surface area (Å²) in [6.45, 7) is 5.55. The number of rotatable bonds is 9. The van der Waals surface area contributed by atoms with Crippen LogP contribution in [0.2, 0.25) is 0 Å². The lowest BCUT2D eigenvalue weighted by molar-refractivity contribution is -0.122. The van der Waals surface area contributed by atoms with Gasteiger partial charge < -0.3 is 14.8 Å². The normalized spacial score (nSPS) is 13.3. The van der Waals surface area contributed by atoms with Gasteiger partial charge in [0.2, 0.25) is 15.9 Å². The van der Waals surface area contributed by atoms with Crippen molar-refractivity contribution in [2.24, 2.45) is 0 Å². The minimum absolute atomic E-state index is 0.325. The molecule has 0 saturated carbocycles. The highest BCUT2D eigenvalue weighted by molar-refractivity contribution is 7.92. The lowest BCUT2D eigenvalue weighted by atomic mass is 10.1. The van der Waals surface area contributed by atoms with Crippen molar-refractivity contribution in [3.63, 3.8) is 0 Å². The Morgan fingerprint density at radius 2 is 1.67 bits per heavy atom. The number of benzene rings is 2. The zero-order valence-electron chi connectivity index (χ0n) is 18.3. The topological polar surface area (TPSA) is 84.9 Å². The van der Waals surface area contributed by atoms with Gasteiger partial charge in [-0.25, -0.2) is 8.42 Å². The van der Waals surface area contributed by atoms with E-state index >= 15 is 0 Å². The molecule has 0 aromatic heterocycles. The van der Waals surface area contributed by atoms with Gasteiger partial charge in [0, 0.05) is 0 Å². The number of anilines is 1. The molecule has 0 aliphatic rings. The number of aryl methyl sites for hydroxylation is 1. The fourth-order valence-corrected chi connectivity index (χ4v) is 4.48. The molecule has 0 heterocycles. The van der Waals surface area contributed by atoms with Crippen LogP contribution in [0.5, 0.6) is 11.5 Å². The number of amides is 1. The summed E-state index contributed by atoms with van der Waals surface area (Å²) in [6, 6.07) is 11.2. The van der Waals surface area contributed by atoms with Gasteiger partial charge in [0.25, 0.3) is 0 Å². The molecule has 0 aliphatic heterocycles. The summed E-state index contributed by atoms with van der Waals surface area (Å²) in [4.78, 5) is 13.1. The van der Waals surface area contributed by atoms with Crippen LogP contribution in [-0.4, -0.2) is 40.8 Å². The third-order valence-corrected chi connectivity index (χ3v) is 6.06. The van der Waals surface area contributed by atoms with Gasteiger partial charge in [-0.1, -0.05) is 30.7 Å². The maximum absolute atomic E-state index is 13.1. The summed E-state index contributed by atoms with van der Waals surface area (Å²) in [7, 11) is -0.571. The molecule has 2 aromatic rings. The van der Waals surface area contributed by atoms with Gasteiger partial charge in [0.05, 0.1) is 32.2 Å². The molecule has 0 unspecified atom stereocenters. The molecule has 7 nitrogen and oxygen atoms in total. The second-order valence-corrected chi connectivity index (χ2v) is 9.02. The van der Waals surface area contributed by atoms with E-state index in [0.717, 1.165) is 17.4 Å². The van der Waals surface area contributed by atoms with E-state index in [0.29, 0.717) is 23.6 Å². The monoisotopic (exact) mass is 434 g/mol. The molecule has 0 aliphatic carbocycles. The molecular weight excluding hydrogens is 404 g/mol. The van der Waals surface area contributed by atoms with Crippen LogP contribution in [0.1, 0.15) is 37.4 Å². The van der Waals surface area contributed by atoms with Gasteiger partial charge in [-0.05, 0) is 50.1 Å². The first-order chi connectivity index (χ1) is 14.1. The second-order valence-electron chi connectivity index (χ2n) is 7.16. The fourth-order valence-electron chi connectivity index (χ4n) is 3.27. The van der Waals surface area contributed by atoms with Crippen molar-refractivity contribution in [1.29, 1.82) is 0 Å². The fraction of sp³-hybridized carbons (Fsp3) is 0.409. The maximum Gasteiger partial charge on any atom is 0.244 e. The van der Waals surface area contributed by atoms with Crippen LogP contribution in [-0.2, 0) is 14.8 Å². The van der Waals surface area contributed by atoms with Crippen LogP contribution in [0.15, 0.2) is 42.5 Å². The number of ether oxygens (including phenoxy) is 2. The van der Waals surface area contributed by atoms with E-state index in [1.807, 2.05) is 32.0 Å². The molecule has 2 atom stereocenters. The lowest BCUT2D eigenvalue weighted by Crippen LogP contribution is -2.49. The number of nitrogens with one attached hydrogen (secondary N) is 1. The number of sulfonamides is 1. The smallest absolute Gasteiger partial charge is 0.244 e. The summed E-state index contributed by atoms with van der Waals surface area (Å²) < 4.78 is 36.9. The molecule has 8 heteroatoms. The third-order valence-electron chi connectivity index (χ3n) is 4.88. The Balaban J connectivity index is 2.30. The molecule has 0 radical (unpaired) electrons. The van der Waals surface area contributed by atoms with E-state index in [1.165, 1.54) is 4.31 Å². The van der Waals surface area contributed by atoms with E-state index in [-0.39, 0.29) is 11.9 Å². The molecule has 2 aromatic carbocycles. The highest BCUT2D eigenvalue weighted by Crippen LogP contribution is 2.30. The summed E-state index contributed by atoms with van der Waals surface area (Å²) in [6.07, 6.45) is 1.44. The average molecular weight is 435 g/mol. The van der Waals surface area contributed by atoms with Crippen molar-refractivity contribution in [2.45, 2.75) is 39.3 Å². The first kappa shape index (κ1) is 23.5. The van der Waals surface area contributed by atoms with Gasteiger partial charge in [0.15, 0.2) is 11.5 Å². The van der Waals surface area contributed by atoms with Gasteiger partial charge in [-0.3, -0.25) is 9.10 Å². The SMILES string of the molecule is CC[C@@H](C(=O)N[C@H](C)c1ccc(OC)c(OC)c1)N(c1ccc(C)cc1)S(C)(=O)=O. The Morgan fingerprint density at radius 1 is 1.07 bits per heavy atom. The average Bonchev–Trinajstić information content (AvgIpc) is 2.71. The maximum atomic E-state index is 13.1. The summed E-state index contributed by atoms with van der Waals surface area (Å²) in [5.74, 6) is 0.778. The van der Waals surface area contributed by atoms with Crippen LogP contribution in [0.4, 0.5) is 5.69 Å². The summed E-state index contributed by atoms with van der Waals surface area (Å²) in [5, 5.41) is 2.93. The minimum Gasteiger partial charge on any atom is -0.493 e. The van der Waals surface area contributed by atoms with Crippen molar-refractivity contribution in [3.8, 4) is 11.5 Å². The highest BCUT2D eigenvalue weighted by atomic mass is 32.2. The molecule has 30 heavy (non-hydrogen) atoms. The molecule has 0 spiro atoms. The molecule has 2 rings (SSSR count). The molecule has 0 saturated heterocycles. The van der Waals surface area contributed by atoms with E-state index in [1.54, 1.807) is 45.4 Å². The Bertz CT molecular complexity index is 974. The van der Waals surface area contributed by atoms with Crippen LogP contribution in [0, 0.1) is 6.92 Å². The van der Waals surface area contributed by atoms with Crippen LogP contribution in [0.3, 0.4) is 0 Å². The largest absolute Gasteiger partial charge is 0.493 e. The Labute approximate surface area is 179 Å². The van der Waals surface area contributed by atoms with Crippen molar-refractivity contribution < 1.29 is 22.7 Å². The van der Waals surface area contributed by atoms with Crippen molar-refractivity contribution >= 4 is 21.6 Å². The minimum atomic E-state index is -3.67. The number of carbonyl (C=O) groups excluding carboxylic acids is 1. The van der Waals surface area contributed by atoms with Crippen molar-refractivity contribution in [2.75, 3.05) is 24.8 Å². The molecule has 164 valence electrons. The zero-order valence-corrected chi connectivity index (χ0v) is 19.1. The Hall–Kier alpha value is -2.74. The zero-order chi connectivity index (χ0) is 22.5. The Morgan fingerprint density at radius 3 is 2.17 bits per heavy atom.